The van der Waals surface area contributed by atoms with Crippen LogP contribution < -0.4 is 0 Å². The van der Waals surface area contributed by atoms with Crippen LogP contribution in [-0.4, -0.2) is 44.1 Å². The predicted octanol–water partition coefficient (Wildman–Crippen LogP) is 5.16. The summed E-state index contributed by atoms with van der Waals surface area (Å²) in [5.41, 5.74) is 2.11. The van der Waals surface area contributed by atoms with Crippen LogP contribution in [0.2, 0.25) is 0 Å². The summed E-state index contributed by atoms with van der Waals surface area (Å²) in [6.07, 6.45) is 8.64. The lowest BCUT2D eigenvalue weighted by atomic mass is 9.46. The number of aryl methyl sites for hydroxylation is 1. The average molecular weight is 460 g/mol. The van der Waals surface area contributed by atoms with Gasteiger partial charge in [-0.05, 0) is 88.3 Å². The lowest BCUT2D eigenvalue weighted by molar-refractivity contribution is -0.168. The summed E-state index contributed by atoms with van der Waals surface area (Å²) in [5.74, 6) is 1.28. The summed E-state index contributed by atoms with van der Waals surface area (Å²) in [6, 6.07) is 2.04. The van der Waals surface area contributed by atoms with E-state index in [4.69, 9.17) is 13.9 Å². The molecule has 0 saturated heterocycles. The molecule has 0 aliphatic heterocycles. The van der Waals surface area contributed by atoms with Crippen LogP contribution in [0.15, 0.2) is 28.9 Å². The van der Waals surface area contributed by atoms with Gasteiger partial charge >= 0.3 is 11.9 Å². The largest absolute Gasteiger partial charge is 0.469 e. The van der Waals surface area contributed by atoms with Gasteiger partial charge in [-0.3, -0.25) is 14.5 Å². The number of carbonyl (C=O) groups is 2. The van der Waals surface area contributed by atoms with E-state index in [1.807, 2.05) is 24.9 Å². The standard InChI is InChI=1S/C27H41NO5/c1-7-32-24(29)18-28(5)17-22-20(13-16-33-22)10-11-21-19(2)9-12-23-26(21,3)14-8-15-27(23,4)25(30)31-6/h13,16,21,23H,2,7-12,14-15,17-18H2,1,3-6H3/t21-,23-,26+,27+/m1/s1. The van der Waals surface area contributed by atoms with Crippen molar-refractivity contribution in [3.05, 3.63) is 35.8 Å². The van der Waals surface area contributed by atoms with E-state index >= 15 is 0 Å². The molecule has 1 heterocycles. The fourth-order valence-corrected chi connectivity index (χ4v) is 6.72. The third-order valence-corrected chi connectivity index (χ3v) is 8.33. The predicted molar refractivity (Wildman–Crippen MR) is 127 cm³/mol. The number of furan rings is 1. The first-order valence-corrected chi connectivity index (χ1v) is 12.3. The lowest BCUT2D eigenvalue weighted by Gasteiger charge is -2.57. The molecule has 2 fully saturated rings. The number of ether oxygens (including phenoxy) is 2. The summed E-state index contributed by atoms with van der Waals surface area (Å²) < 4.78 is 16.1. The molecule has 3 rings (SSSR count). The van der Waals surface area contributed by atoms with Gasteiger partial charge in [-0.2, -0.15) is 0 Å². The van der Waals surface area contributed by atoms with Crippen LogP contribution >= 0.6 is 0 Å². The third kappa shape index (κ3) is 5.21. The Balaban J connectivity index is 1.71. The second kappa shape index (κ2) is 10.5. The Hall–Kier alpha value is -2.08. The number of fused-ring (bicyclic) bond motifs is 1. The summed E-state index contributed by atoms with van der Waals surface area (Å²) in [7, 11) is 3.41. The van der Waals surface area contributed by atoms with Gasteiger partial charge in [0.1, 0.15) is 5.76 Å². The highest BCUT2D eigenvalue weighted by molar-refractivity contribution is 5.77. The molecule has 0 radical (unpaired) electrons. The molecule has 2 aliphatic carbocycles. The molecular formula is C27H41NO5. The van der Waals surface area contributed by atoms with Crippen molar-refractivity contribution in [3.63, 3.8) is 0 Å². The van der Waals surface area contributed by atoms with Gasteiger partial charge < -0.3 is 13.9 Å². The maximum Gasteiger partial charge on any atom is 0.320 e. The van der Waals surface area contributed by atoms with E-state index in [0.29, 0.717) is 25.0 Å². The van der Waals surface area contributed by atoms with Gasteiger partial charge in [-0.1, -0.05) is 25.5 Å². The zero-order valence-corrected chi connectivity index (χ0v) is 21.1. The van der Waals surface area contributed by atoms with E-state index < -0.39 is 5.41 Å². The number of rotatable bonds is 9. The van der Waals surface area contributed by atoms with Crippen molar-refractivity contribution in [2.24, 2.45) is 22.7 Å². The van der Waals surface area contributed by atoms with Crippen LogP contribution in [0.4, 0.5) is 0 Å². The number of nitrogens with zero attached hydrogens (tertiary/aromatic N) is 1. The summed E-state index contributed by atoms with van der Waals surface area (Å²) in [6.45, 7) is 11.9. The molecular weight excluding hydrogens is 418 g/mol. The first-order chi connectivity index (χ1) is 15.7. The second-order valence-corrected chi connectivity index (χ2v) is 10.5. The highest BCUT2D eigenvalue weighted by Crippen LogP contribution is 2.62. The SMILES string of the molecule is C=C1CC[C@@H]2[C@@](C)(CCC[C@]2(C)C(=O)OC)[C@@H]1CCc1ccoc1CN(C)CC(=O)OCC. The number of allylic oxidation sites excluding steroid dienone is 1. The Kier molecular flexibility index (Phi) is 8.09. The van der Waals surface area contributed by atoms with Gasteiger partial charge in [0.2, 0.25) is 0 Å². The van der Waals surface area contributed by atoms with Crippen LogP contribution in [0.1, 0.15) is 70.6 Å². The Bertz CT molecular complexity index is 860. The van der Waals surface area contributed by atoms with Gasteiger partial charge in [0, 0.05) is 0 Å². The summed E-state index contributed by atoms with van der Waals surface area (Å²) >= 11 is 0. The molecule has 4 atom stereocenters. The van der Waals surface area contributed by atoms with Crippen LogP contribution in [0.5, 0.6) is 0 Å². The first-order valence-electron chi connectivity index (χ1n) is 12.3. The molecule has 0 bridgehead atoms. The maximum atomic E-state index is 12.8. The molecule has 1 aromatic heterocycles. The molecule has 0 aromatic carbocycles. The number of likely N-dealkylation sites (N-methyl/N-ethyl adjacent to an activating group) is 1. The van der Waals surface area contributed by atoms with Gasteiger partial charge in [-0.15, -0.1) is 0 Å². The quantitative estimate of drug-likeness (QED) is 0.375. The van der Waals surface area contributed by atoms with Gasteiger partial charge in [-0.25, -0.2) is 0 Å². The smallest absolute Gasteiger partial charge is 0.320 e. The second-order valence-electron chi connectivity index (χ2n) is 10.5. The van der Waals surface area contributed by atoms with Crippen molar-refractivity contribution < 1.29 is 23.5 Å². The van der Waals surface area contributed by atoms with Crippen molar-refractivity contribution >= 4 is 11.9 Å². The zero-order valence-electron chi connectivity index (χ0n) is 21.1. The average Bonchev–Trinajstić information content (AvgIpc) is 3.19. The Morgan fingerprint density at radius 2 is 2.06 bits per heavy atom. The number of hydrogen-bond acceptors (Lipinski definition) is 6. The zero-order chi connectivity index (χ0) is 24.2. The minimum atomic E-state index is -0.419. The fourth-order valence-electron chi connectivity index (χ4n) is 6.72. The van der Waals surface area contributed by atoms with Crippen molar-refractivity contribution in [2.75, 3.05) is 27.3 Å². The normalized spacial score (nSPS) is 29.6. The maximum absolute atomic E-state index is 12.8. The summed E-state index contributed by atoms with van der Waals surface area (Å²) in [4.78, 5) is 26.5. The van der Waals surface area contributed by atoms with Crippen LogP contribution in [-0.2, 0) is 32.0 Å². The van der Waals surface area contributed by atoms with Crippen LogP contribution in [0.3, 0.4) is 0 Å². The molecule has 1 aromatic rings. The monoisotopic (exact) mass is 459 g/mol. The highest BCUT2D eigenvalue weighted by atomic mass is 16.5. The first kappa shape index (κ1) is 25.5. The minimum Gasteiger partial charge on any atom is -0.469 e. The van der Waals surface area contributed by atoms with Crippen LogP contribution in [0.25, 0.3) is 0 Å². The van der Waals surface area contributed by atoms with E-state index in [1.54, 1.807) is 6.26 Å². The van der Waals surface area contributed by atoms with Crippen molar-refractivity contribution in [1.29, 1.82) is 0 Å². The Labute approximate surface area is 198 Å². The topological polar surface area (TPSA) is 69.0 Å². The van der Waals surface area contributed by atoms with Gasteiger partial charge in [0.05, 0.1) is 38.5 Å². The number of esters is 2. The third-order valence-electron chi connectivity index (χ3n) is 8.33. The molecule has 184 valence electrons. The van der Waals surface area contributed by atoms with Gasteiger partial charge in [0.15, 0.2) is 0 Å². The van der Waals surface area contributed by atoms with Crippen molar-refractivity contribution in [1.82, 2.24) is 4.90 Å². The number of hydrogen-bond donors (Lipinski definition) is 0. The highest BCUT2D eigenvalue weighted by Gasteiger charge is 2.57. The van der Waals surface area contributed by atoms with E-state index in [1.165, 1.54) is 18.2 Å². The molecule has 0 amide bonds. The molecule has 0 spiro atoms. The van der Waals surface area contributed by atoms with E-state index in [2.05, 4.69) is 20.4 Å². The van der Waals surface area contributed by atoms with Crippen LogP contribution in [0, 0.1) is 22.7 Å². The Morgan fingerprint density at radius 1 is 1.30 bits per heavy atom. The summed E-state index contributed by atoms with van der Waals surface area (Å²) in [5, 5.41) is 0. The number of methoxy groups -OCH3 is 1. The Morgan fingerprint density at radius 3 is 2.76 bits per heavy atom. The van der Waals surface area contributed by atoms with Crippen molar-refractivity contribution in [2.45, 2.75) is 72.3 Å². The molecule has 33 heavy (non-hydrogen) atoms. The van der Waals surface area contributed by atoms with Gasteiger partial charge in [0.25, 0.3) is 0 Å². The molecule has 0 N–H and O–H groups in total. The van der Waals surface area contributed by atoms with E-state index in [0.717, 1.165) is 50.7 Å². The number of carbonyl (C=O) groups excluding carboxylic acids is 2. The van der Waals surface area contributed by atoms with E-state index in [9.17, 15) is 9.59 Å². The van der Waals surface area contributed by atoms with Crippen molar-refractivity contribution in [3.8, 4) is 0 Å². The molecule has 2 aliphatic rings. The molecule has 6 heteroatoms. The fraction of sp³-hybridized carbons (Fsp3) is 0.704. The minimum absolute atomic E-state index is 0.0428. The van der Waals surface area contributed by atoms with E-state index in [-0.39, 0.29) is 23.9 Å². The molecule has 6 nitrogen and oxygen atoms in total. The molecule has 0 unspecified atom stereocenters. The lowest BCUT2D eigenvalue weighted by Crippen LogP contribution is -2.53. The molecule has 2 saturated carbocycles.